The third-order valence-corrected chi connectivity index (χ3v) is 3.75. The molecule has 0 fully saturated rings. The first kappa shape index (κ1) is 16.7. The van der Waals surface area contributed by atoms with Crippen LogP contribution in [0.5, 0.6) is 0 Å². The predicted molar refractivity (Wildman–Crippen MR) is 85.3 cm³/mol. The van der Waals surface area contributed by atoms with Crippen molar-refractivity contribution in [2.24, 2.45) is 5.92 Å². The van der Waals surface area contributed by atoms with E-state index in [0.29, 0.717) is 12.0 Å². The summed E-state index contributed by atoms with van der Waals surface area (Å²) < 4.78 is 1.02. The van der Waals surface area contributed by atoms with E-state index < -0.39 is 0 Å². The Bertz CT molecular complexity index is 379. The van der Waals surface area contributed by atoms with Crippen LogP contribution in [-0.2, 0) is 0 Å². The standard InChI is InChI=1S/C16H26BrNO/c1-12(2)11-18(13(3)4)9-8-16(19)14-6-5-7-15(17)10-14/h5-7,10,12-13,16,19H,8-9,11H2,1-4H3. The molecule has 0 aliphatic carbocycles. The van der Waals surface area contributed by atoms with Crippen molar-refractivity contribution in [3.8, 4) is 0 Å². The number of aliphatic hydroxyl groups is 1. The van der Waals surface area contributed by atoms with Gasteiger partial charge in [0.05, 0.1) is 6.10 Å². The molecule has 19 heavy (non-hydrogen) atoms. The molecule has 0 radical (unpaired) electrons. The van der Waals surface area contributed by atoms with Crippen LogP contribution < -0.4 is 0 Å². The smallest absolute Gasteiger partial charge is 0.0802 e. The van der Waals surface area contributed by atoms with Gasteiger partial charge in [0.2, 0.25) is 0 Å². The maximum Gasteiger partial charge on any atom is 0.0802 e. The Labute approximate surface area is 126 Å². The van der Waals surface area contributed by atoms with Gasteiger partial charge in [-0.2, -0.15) is 0 Å². The highest BCUT2D eigenvalue weighted by molar-refractivity contribution is 9.10. The summed E-state index contributed by atoms with van der Waals surface area (Å²) in [6.45, 7) is 10.9. The van der Waals surface area contributed by atoms with Crippen molar-refractivity contribution in [2.75, 3.05) is 13.1 Å². The monoisotopic (exact) mass is 327 g/mol. The van der Waals surface area contributed by atoms with Crippen molar-refractivity contribution >= 4 is 15.9 Å². The van der Waals surface area contributed by atoms with E-state index >= 15 is 0 Å². The number of rotatable bonds is 7. The maximum atomic E-state index is 10.3. The minimum absolute atomic E-state index is 0.383. The SMILES string of the molecule is CC(C)CN(CCC(O)c1cccc(Br)c1)C(C)C. The highest BCUT2D eigenvalue weighted by Crippen LogP contribution is 2.21. The number of halogens is 1. The zero-order chi connectivity index (χ0) is 14.4. The first-order valence-corrected chi connectivity index (χ1v) is 7.87. The molecule has 1 aromatic rings. The number of hydrogen-bond acceptors (Lipinski definition) is 2. The molecule has 1 atom stereocenters. The molecule has 0 amide bonds. The summed E-state index contributed by atoms with van der Waals surface area (Å²) in [5.41, 5.74) is 0.989. The molecule has 1 N–H and O–H groups in total. The van der Waals surface area contributed by atoms with Gasteiger partial charge in [0.15, 0.2) is 0 Å². The third kappa shape index (κ3) is 6.07. The summed E-state index contributed by atoms with van der Waals surface area (Å²) in [7, 11) is 0. The van der Waals surface area contributed by atoms with Crippen LogP contribution in [-0.4, -0.2) is 29.1 Å². The minimum Gasteiger partial charge on any atom is -0.388 e. The van der Waals surface area contributed by atoms with Crippen LogP contribution in [0.1, 0.15) is 45.8 Å². The maximum absolute atomic E-state index is 10.3. The van der Waals surface area contributed by atoms with E-state index in [0.717, 1.165) is 29.5 Å². The Kier molecular flexibility index (Phi) is 7.05. The summed E-state index contributed by atoms with van der Waals surface area (Å²) in [6, 6.07) is 8.45. The topological polar surface area (TPSA) is 23.5 Å². The zero-order valence-electron chi connectivity index (χ0n) is 12.4. The molecule has 1 aromatic carbocycles. The van der Waals surface area contributed by atoms with Gasteiger partial charge >= 0.3 is 0 Å². The number of aliphatic hydroxyl groups excluding tert-OH is 1. The fourth-order valence-electron chi connectivity index (χ4n) is 2.20. The molecule has 3 heteroatoms. The Morgan fingerprint density at radius 3 is 2.42 bits per heavy atom. The molecule has 0 spiro atoms. The van der Waals surface area contributed by atoms with Crippen molar-refractivity contribution in [1.82, 2.24) is 4.90 Å². The van der Waals surface area contributed by atoms with Crippen LogP contribution in [0.15, 0.2) is 28.7 Å². The van der Waals surface area contributed by atoms with E-state index in [4.69, 9.17) is 0 Å². The molecular weight excluding hydrogens is 302 g/mol. The molecule has 1 unspecified atom stereocenters. The fourth-order valence-corrected chi connectivity index (χ4v) is 2.61. The number of benzene rings is 1. The predicted octanol–water partition coefficient (Wildman–Crippen LogP) is 4.24. The van der Waals surface area contributed by atoms with Crippen LogP contribution in [0.25, 0.3) is 0 Å². The molecule has 0 saturated carbocycles. The van der Waals surface area contributed by atoms with Gasteiger partial charge in [-0.15, -0.1) is 0 Å². The average molecular weight is 328 g/mol. The summed E-state index contributed by atoms with van der Waals surface area (Å²) in [4.78, 5) is 2.44. The largest absolute Gasteiger partial charge is 0.388 e. The van der Waals surface area contributed by atoms with Crippen molar-refractivity contribution in [1.29, 1.82) is 0 Å². The van der Waals surface area contributed by atoms with E-state index in [1.54, 1.807) is 0 Å². The van der Waals surface area contributed by atoms with Crippen LogP contribution in [0.4, 0.5) is 0 Å². The molecule has 0 aliphatic heterocycles. The van der Waals surface area contributed by atoms with Crippen molar-refractivity contribution in [2.45, 2.75) is 46.3 Å². The molecule has 1 rings (SSSR count). The Morgan fingerprint density at radius 1 is 1.21 bits per heavy atom. The molecule has 2 nitrogen and oxygen atoms in total. The zero-order valence-corrected chi connectivity index (χ0v) is 14.0. The lowest BCUT2D eigenvalue weighted by Crippen LogP contribution is -2.35. The average Bonchev–Trinajstić information content (AvgIpc) is 2.33. The molecule has 0 aliphatic rings. The number of hydrogen-bond donors (Lipinski definition) is 1. The molecule has 108 valence electrons. The van der Waals surface area contributed by atoms with Gasteiger partial charge in [0.25, 0.3) is 0 Å². The molecule has 0 aromatic heterocycles. The highest BCUT2D eigenvalue weighted by Gasteiger charge is 2.14. The second-order valence-corrected chi connectivity index (χ2v) is 6.76. The van der Waals surface area contributed by atoms with Crippen molar-refractivity contribution < 1.29 is 5.11 Å². The van der Waals surface area contributed by atoms with E-state index in [1.165, 1.54) is 0 Å². The van der Waals surface area contributed by atoms with E-state index in [2.05, 4.69) is 48.5 Å². The second kappa shape index (κ2) is 8.03. The lowest BCUT2D eigenvalue weighted by atomic mass is 10.1. The van der Waals surface area contributed by atoms with Crippen LogP contribution >= 0.6 is 15.9 Å². The minimum atomic E-state index is -0.383. The molecule has 0 bridgehead atoms. The van der Waals surface area contributed by atoms with Gasteiger partial charge < -0.3 is 10.0 Å². The van der Waals surface area contributed by atoms with Gasteiger partial charge in [-0.3, -0.25) is 0 Å². The summed E-state index contributed by atoms with van der Waals surface area (Å²) in [5.74, 6) is 0.658. The van der Waals surface area contributed by atoms with E-state index in [-0.39, 0.29) is 6.10 Å². The quantitative estimate of drug-likeness (QED) is 0.809. The van der Waals surface area contributed by atoms with Crippen molar-refractivity contribution in [3.05, 3.63) is 34.3 Å². The van der Waals surface area contributed by atoms with E-state index in [1.807, 2.05) is 24.3 Å². The van der Waals surface area contributed by atoms with Crippen LogP contribution in [0.3, 0.4) is 0 Å². The second-order valence-electron chi connectivity index (χ2n) is 5.84. The lowest BCUT2D eigenvalue weighted by Gasteiger charge is -2.29. The summed E-state index contributed by atoms with van der Waals surface area (Å²) in [5, 5.41) is 10.3. The van der Waals surface area contributed by atoms with Gasteiger partial charge in [0, 0.05) is 23.6 Å². The summed E-state index contributed by atoms with van der Waals surface area (Å²) >= 11 is 3.44. The fraction of sp³-hybridized carbons (Fsp3) is 0.625. The van der Waals surface area contributed by atoms with Crippen LogP contribution in [0.2, 0.25) is 0 Å². The summed E-state index contributed by atoms with van der Waals surface area (Å²) in [6.07, 6.45) is 0.396. The molecular formula is C16H26BrNO. The third-order valence-electron chi connectivity index (χ3n) is 3.25. The molecule has 0 saturated heterocycles. The highest BCUT2D eigenvalue weighted by atomic mass is 79.9. The number of nitrogens with zero attached hydrogens (tertiary/aromatic N) is 1. The van der Waals surface area contributed by atoms with Crippen molar-refractivity contribution in [3.63, 3.8) is 0 Å². The Balaban J connectivity index is 2.54. The molecule has 0 heterocycles. The van der Waals surface area contributed by atoms with Gasteiger partial charge in [-0.25, -0.2) is 0 Å². The Morgan fingerprint density at radius 2 is 1.89 bits per heavy atom. The van der Waals surface area contributed by atoms with Crippen LogP contribution in [0, 0.1) is 5.92 Å². The Hall–Kier alpha value is -0.380. The van der Waals surface area contributed by atoms with E-state index in [9.17, 15) is 5.11 Å². The van der Waals surface area contributed by atoms with Gasteiger partial charge in [-0.05, 0) is 43.9 Å². The lowest BCUT2D eigenvalue weighted by molar-refractivity contribution is 0.123. The van der Waals surface area contributed by atoms with Gasteiger partial charge in [-0.1, -0.05) is 41.9 Å². The normalized spacial score (nSPS) is 13.5. The first-order chi connectivity index (χ1) is 8.90. The first-order valence-electron chi connectivity index (χ1n) is 7.07. The van der Waals surface area contributed by atoms with Gasteiger partial charge in [0.1, 0.15) is 0 Å².